The number of hydrogen-bond donors (Lipinski definition) is 2. The predicted octanol–water partition coefficient (Wildman–Crippen LogP) is 0.259. The minimum absolute atomic E-state index is 0.0140. The summed E-state index contributed by atoms with van der Waals surface area (Å²) in [7, 11) is 0. The Morgan fingerprint density at radius 1 is 1.33 bits per heavy atom. The molecule has 0 bridgehead atoms. The van der Waals surface area contributed by atoms with E-state index in [4.69, 9.17) is 5.73 Å². The summed E-state index contributed by atoms with van der Waals surface area (Å²) in [6, 6.07) is 0. The molecule has 0 saturated heterocycles. The van der Waals surface area contributed by atoms with Crippen LogP contribution in [-0.4, -0.2) is 16.2 Å². The smallest absolute Gasteiger partial charge is 0.328 e. The second-order valence-corrected chi connectivity index (χ2v) is 3.29. The Labute approximate surface area is 85.7 Å². The number of nitrogen functional groups attached to an aromatic ring is 1. The van der Waals surface area contributed by atoms with Crippen molar-refractivity contribution >= 4 is 5.69 Å². The van der Waals surface area contributed by atoms with Crippen LogP contribution in [0.1, 0.15) is 19.3 Å². The van der Waals surface area contributed by atoms with Crippen LogP contribution in [0, 0.1) is 0 Å². The van der Waals surface area contributed by atoms with Gasteiger partial charge in [-0.1, -0.05) is 0 Å². The molecule has 0 aliphatic rings. The minimum Gasteiger partial charge on any atom is -0.393 e. The SMILES string of the molecule is Nc1cn(CCCCCF)c(=O)[nH]c1=O. The maximum atomic E-state index is 11.8. The van der Waals surface area contributed by atoms with Gasteiger partial charge in [-0.3, -0.25) is 18.7 Å². The predicted molar refractivity (Wildman–Crippen MR) is 55.6 cm³/mol. The Balaban J connectivity index is 2.66. The van der Waals surface area contributed by atoms with Gasteiger partial charge in [0.25, 0.3) is 5.56 Å². The van der Waals surface area contributed by atoms with E-state index < -0.39 is 11.2 Å². The lowest BCUT2D eigenvalue weighted by Gasteiger charge is -2.04. The monoisotopic (exact) mass is 215 g/mol. The zero-order chi connectivity index (χ0) is 11.3. The highest BCUT2D eigenvalue weighted by molar-refractivity contribution is 5.30. The number of nitrogens with one attached hydrogen (secondary N) is 1. The first-order valence-corrected chi connectivity index (χ1v) is 4.80. The molecule has 0 unspecified atom stereocenters. The third kappa shape index (κ3) is 3.23. The molecule has 84 valence electrons. The van der Waals surface area contributed by atoms with E-state index in [0.717, 1.165) is 0 Å². The molecular formula is C9H14FN3O2. The lowest BCUT2D eigenvalue weighted by molar-refractivity contribution is 0.446. The molecule has 1 aromatic rings. The lowest BCUT2D eigenvalue weighted by Crippen LogP contribution is -2.31. The highest BCUT2D eigenvalue weighted by atomic mass is 19.1. The van der Waals surface area contributed by atoms with Crippen LogP contribution in [0.4, 0.5) is 10.1 Å². The van der Waals surface area contributed by atoms with E-state index in [1.165, 1.54) is 10.8 Å². The quantitative estimate of drug-likeness (QED) is 0.691. The van der Waals surface area contributed by atoms with Gasteiger partial charge >= 0.3 is 5.69 Å². The Morgan fingerprint density at radius 2 is 2.07 bits per heavy atom. The Bertz CT molecular complexity index is 424. The normalized spacial score (nSPS) is 10.5. The maximum Gasteiger partial charge on any atom is 0.328 e. The van der Waals surface area contributed by atoms with E-state index in [1.54, 1.807) is 0 Å². The fourth-order valence-corrected chi connectivity index (χ4v) is 1.25. The fourth-order valence-electron chi connectivity index (χ4n) is 1.25. The average Bonchev–Trinajstić information content (AvgIpc) is 2.20. The van der Waals surface area contributed by atoms with Gasteiger partial charge in [0.15, 0.2) is 0 Å². The van der Waals surface area contributed by atoms with Crippen LogP contribution in [-0.2, 0) is 6.54 Å². The van der Waals surface area contributed by atoms with E-state index in [0.29, 0.717) is 25.8 Å². The van der Waals surface area contributed by atoms with Crippen molar-refractivity contribution in [2.45, 2.75) is 25.8 Å². The number of aromatic amines is 1. The van der Waals surface area contributed by atoms with Crippen LogP contribution in [0.25, 0.3) is 0 Å². The van der Waals surface area contributed by atoms with Gasteiger partial charge in [-0.05, 0) is 19.3 Å². The number of anilines is 1. The van der Waals surface area contributed by atoms with Crippen LogP contribution in [0.5, 0.6) is 0 Å². The summed E-state index contributed by atoms with van der Waals surface area (Å²) in [6.45, 7) is 0.0997. The standard InChI is InChI=1S/C9H14FN3O2/c10-4-2-1-3-5-13-6-7(11)8(14)12-9(13)15/h6H,1-5,11H2,(H,12,14,15). The molecule has 15 heavy (non-hydrogen) atoms. The van der Waals surface area contributed by atoms with Gasteiger partial charge in [-0.2, -0.15) is 0 Å². The lowest BCUT2D eigenvalue weighted by atomic mass is 10.2. The summed E-state index contributed by atoms with van der Waals surface area (Å²) < 4.78 is 13.1. The van der Waals surface area contributed by atoms with Gasteiger partial charge in [0, 0.05) is 12.7 Å². The number of rotatable bonds is 5. The summed E-state index contributed by atoms with van der Waals surface area (Å²) in [5.74, 6) is 0. The van der Waals surface area contributed by atoms with Crippen molar-refractivity contribution in [2.75, 3.05) is 12.4 Å². The van der Waals surface area contributed by atoms with Gasteiger partial charge in [-0.15, -0.1) is 0 Å². The summed E-state index contributed by atoms with van der Waals surface area (Å²) in [5.41, 5.74) is 4.32. The number of aromatic nitrogens is 2. The van der Waals surface area contributed by atoms with Gasteiger partial charge in [0.05, 0.1) is 6.67 Å². The van der Waals surface area contributed by atoms with Crippen LogP contribution >= 0.6 is 0 Å². The molecular weight excluding hydrogens is 201 g/mol. The number of hydrogen-bond acceptors (Lipinski definition) is 3. The molecule has 0 aliphatic carbocycles. The number of nitrogens with zero attached hydrogens (tertiary/aromatic N) is 1. The summed E-state index contributed by atoms with van der Waals surface area (Å²) in [4.78, 5) is 24.3. The van der Waals surface area contributed by atoms with Crippen molar-refractivity contribution in [3.05, 3.63) is 27.0 Å². The van der Waals surface area contributed by atoms with E-state index in [1.807, 2.05) is 0 Å². The minimum atomic E-state index is -0.569. The molecule has 3 N–H and O–H groups in total. The first-order valence-electron chi connectivity index (χ1n) is 4.80. The van der Waals surface area contributed by atoms with E-state index in [2.05, 4.69) is 4.98 Å². The molecule has 0 fully saturated rings. The number of unbranched alkanes of at least 4 members (excludes halogenated alkanes) is 2. The largest absolute Gasteiger partial charge is 0.393 e. The Morgan fingerprint density at radius 3 is 2.73 bits per heavy atom. The second-order valence-electron chi connectivity index (χ2n) is 3.29. The van der Waals surface area contributed by atoms with Crippen molar-refractivity contribution in [1.82, 2.24) is 9.55 Å². The third-order valence-electron chi connectivity index (χ3n) is 2.07. The van der Waals surface area contributed by atoms with Crippen LogP contribution in [0.2, 0.25) is 0 Å². The van der Waals surface area contributed by atoms with E-state index in [-0.39, 0.29) is 12.4 Å². The molecule has 0 amide bonds. The van der Waals surface area contributed by atoms with Crippen LogP contribution in [0.3, 0.4) is 0 Å². The van der Waals surface area contributed by atoms with Crippen LogP contribution < -0.4 is 17.0 Å². The summed E-state index contributed by atoms with van der Waals surface area (Å²) in [6.07, 6.45) is 3.21. The average molecular weight is 215 g/mol. The van der Waals surface area contributed by atoms with Crippen molar-refractivity contribution in [2.24, 2.45) is 0 Å². The number of H-pyrrole nitrogens is 1. The Hall–Kier alpha value is -1.59. The molecule has 5 nitrogen and oxygen atoms in total. The van der Waals surface area contributed by atoms with Crippen molar-refractivity contribution in [3.8, 4) is 0 Å². The van der Waals surface area contributed by atoms with E-state index in [9.17, 15) is 14.0 Å². The van der Waals surface area contributed by atoms with Gasteiger partial charge < -0.3 is 5.73 Å². The molecule has 0 atom stereocenters. The van der Waals surface area contributed by atoms with Crippen molar-refractivity contribution in [3.63, 3.8) is 0 Å². The zero-order valence-corrected chi connectivity index (χ0v) is 8.33. The molecule has 0 radical (unpaired) electrons. The first kappa shape index (κ1) is 11.5. The van der Waals surface area contributed by atoms with Crippen molar-refractivity contribution < 1.29 is 4.39 Å². The van der Waals surface area contributed by atoms with E-state index >= 15 is 0 Å². The molecule has 0 aliphatic heterocycles. The molecule has 1 rings (SSSR count). The number of alkyl halides is 1. The maximum absolute atomic E-state index is 11.8. The fraction of sp³-hybridized carbons (Fsp3) is 0.556. The highest BCUT2D eigenvalue weighted by Gasteiger charge is 2.00. The van der Waals surface area contributed by atoms with Crippen LogP contribution in [0.15, 0.2) is 15.8 Å². The van der Waals surface area contributed by atoms with Crippen molar-refractivity contribution in [1.29, 1.82) is 0 Å². The number of nitrogens with two attached hydrogens (primary N) is 1. The molecule has 0 aromatic carbocycles. The second kappa shape index (κ2) is 5.33. The molecule has 1 aromatic heterocycles. The highest BCUT2D eigenvalue weighted by Crippen LogP contribution is 1.98. The van der Waals surface area contributed by atoms with Gasteiger partial charge in [0.2, 0.25) is 0 Å². The molecule has 6 heteroatoms. The zero-order valence-electron chi connectivity index (χ0n) is 8.33. The van der Waals surface area contributed by atoms with Gasteiger partial charge in [-0.25, -0.2) is 4.79 Å². The van der Waals surface area contributed by atoms with Gasteiger partial charge in [0.1, 0.15) is 5.69 Å². The Kier molecular flexibility index (Phi) is 4.08. The third-order valence-corrected chi connectivity index (χ3v) is 2.07. The summed E-state index contributed by atoms with van der Waals surface area (Å²) >= 11 is 0. The number of halogens is 1. The topological polar surface area (TPSA) is 80.9 Å². The summed E-state index contributed by atoms with van der Waals surface area (Å²) in [5, 5.41) is 0. The molecule has 1 heterocycles. The molecule has 0 spiro atoms. The first-order chi connectivity index (χ1) is 7.15. The molecule has 0 saturated carbocycles. The number of aryl methyl sites for hydroxylation is 1.